The minimum absolute atomic E-state index is 0.0992. The lowest BCUT2D eigenvalue weighted by atomic mass is 9.97. The second-order valence-electron chi connectivity index (χ2n) is 8.26. The maximum Gasteiger partial charge on any atom is 0.410 e. The van der Waals surface area contributed by atoms with Crippen LogP contribution in [-0.4, -0.2) is 53.2 Å². The molecule has 1 amide bonds. The van der Waals surface area contributed by atoms with Gasteiger partial charge < -0.3 is 20.3 Å². The van der Waals surface area contributed by atoms with Crippen molar-refractivity contribution in [2.24, 2.45) is 5.92 Å². The summed E-state index contributed by atoms with van der Waals surface area (Å²) >= 11 is 0. The fourth-order valence-electron chi connectivity index (χ4n) is 3.59. The molecule has 1 aromatic heterocycles. The van der Waals surface area contributed by atoms with Crippen LogP contribution in [-0.2, 0) is 11.2 Å². The predicted octanol–water partition coefficient (Wildman–Crippen LogP) is 3.76. The van der Waals surface area contributed by atoms with Gasteiger partial charge in [-0.2, -0.15) is 5.26 Å². The maximum absolute atomic E-state index is 14.1. The van der Waals surface area contributed by atoms with Gasteiger partial charge >= 0.3 is 6.09 Å². The summed E-state index contributed by atoms with van der Waals surface area (Å²) in [6.07, 6.45) is 3.50. The average molecular weight is 459 g/mol. The van der Waals surface area contributed by atoms with E-state index in [2.05, 4.69) is 20.6 Å². The summed E-state index contributed by atoms with van der Waals surface area (Å²) in [7, 11) is 0. The molecular formula is C23H28F2N6O2. The fraction of sp³-hybridized carbons (Fsp3) is 0.478. The summed E-state index contributed by atoms with van der Waals surface area (Å²) in [4.78, 5) is 22.0. The van der Waals surface area contributed by atoms with E-state index in [1.165, 1.54) is 6.33 Å². The van der Waals surface area contributed by atoms with E-state index in [0.717, 1.165) is 37.2 Å². The fourth-order valence-corrected chi connectivity index (χ4v) is 3.59. The van der Waals surface area contributed by atoms with Crippen LogP contribution < -0.4 is 10.6 Å². The topological polar surface area (TPSA) is 103 Å². The first-order chi connectivity index (χ1) is 15.9. The van der Waals surface area contributed by atoms with Crippen LogP contribution in [0.4, 0.5) is 25.1 Å². The van der Waals surface area contributed by atoms with Crippen molar-refractivity contribution in [1.29, 1.82) is 5.26 Å². The Morgan fingerprint density at radius 1 is 1.24 bits per heavy atom. The van der Waals surface area contributed by atoms with Gasteiger partial charge in [0.2, 0.25) is 0 Å². The van der Waals surface area contributed by atoms with Crippen LogP contribution in [0.5, 0.6) is 0 Å². The van der Waals surface area contributed by atoms with E-state index < -0.39 is 11.6 Å². The lowest BCUT2D eigenvalue weighted by Crippen LogP contribution is -2.41. The lowest BCUT2D eigenvalue weighted by Gasteiger charge is -2.31. The molecule has 0 unspecified atom stereocenters. The molecule has 2 aromatic rings. The van der Waals surface area contributed by atoms with E-state index in [4.69, 9.17) is 10.00 Å². The standard InChI is InChI=1S/C23H28F2N6O2/c1-15(2)33-23(32)31-7-4-16(5-8-31)13-27-6-3-18-10-22(29-14-28-18)30-21-11-19(24)17(12-26)9-20(21)25/h9-11,14-16,27H,3-8,13H2,1-2H3,(H,28,29,30). The van der Waals surface area contributed by atoms with Crippen LogP contribution in [0.15, 0.2) is 24.5 Å². The molecule has 3 rings (SSSR count). The Morgan fingerprint density at radius 2 is 2.00 bits per heavy atom. The van der Waals surface area contributed by atoms with Gasteiger partial charge in [-0.1, -0.05) is 0 Å². The minimum Gasteiger partial charge on any atom is -0.447 e. The van der Waals surface area contributed by atoms with Gasteiger partial charge in [-0.25, -0.2) is 23.5 Å². The number of amides is 1. The number of rotatable bonds is 8. The molecule has 176 valence electrons. The Morgan fingerprint density at radius 3 is 2.70 bits per heavy atom. The third-order valence-electron chi connectivity index (χ3n) is 5.36. The molecule has 1 aliphatic heterocycles. The summed E-state index contributed by atoms with van der Waals surface area (Å²) < 4.78 is 33.1. The van der Waals surface area contributed by atoms with E-state index in [1.807, 2.05) is 13.8 Å². The van der Waals surface area contributed by atoms with Gasteiger partial charge in [-0.3, -0.25) is 0 Å². The molecule has 1 aromatic carbocycles. The van der Waals surface area contributed by atoms with Crippen LogP contribution in [0.1, 0.15) is 37.9 Å². The van der Waals surface area contributed by atoms with E-state index in [9.17, 15) is 13.6 Å². The molecule has 10 heteroatoms. The van der Waals surface area contributed by atoms with Crippen molar-refractivity contribution < 1.29 is 18.3 Å². The maximum atomic E-state index is 14.1. The second kappa shape index (κ2) is 11.5. The number of ether oxygens (including phenoxy) is 1. The second-order valence-corrected chi connectivity index (χ2v) is 8.26. The molecule has 0 aliphatic carbocycles. The van der Waals surface area contributed by atoms with Crippen LogP contribution in [0.3, 0.4) is 0 Å². The molecule has 2 N–H and O–H groups in total. The number of piperidine rings is 1. The number of carbonyl (C=O) groups excluding carboxylic acids is 1. The Bertz CT molecular complexity index is 1000. The van der Waals surface area contributed by atoms with Gasteiger partial charge in [0.05, 0.1) is 17.4 Å². The van der Waals surface area contributed by atoms with Gasteiger partial charge in [0.25, 0.3) is 0 Å². The molecule has 0 atom stereocenters. The number of anilines is 2. The van der Waals surface area contributed by atoms with Crippen molar-refractivity contribution in [3.05, 3.63) is 47.4 Å². The molecule has 0 saturated carbocycles. The SMILES string of the molecule is CC(C)OC(=O)N1CCC(CNCCc2cc(Nc3cc(F)c(C#N)cc3F)ncn2)CC1. The van der Waals surface area contributed by atoms with Crippen molar-refractivity contribution in [3.63, 3.8) is 0 Å². The highest BCUT2D eigenvalue weighted by Gasteiger charge is 2.24. The smallest absolute Gasteiger partial charge is 0.410 e. The number of hydrogen-bond donors (Lipinski definition) is 2. The Hall–Kier alpha value is -3.32. The highest BCUT2D eigenvalue weighted by atomic mass is 19.1. The molecule has 0 bridgehead atoms. The van der Waals surface area contributed by atoms with Gasteiger partial charge in [0.1, 0.15) is 29.8 Å². The molecule has 1 saturated heterocycles. The summed E-state index contributed by atoms with van der Waals surface area (Å²) in [6, 6.07) is 5.06. The molecular weight excluding hydrogens is 430 g/mol. The Balaban J connectivity index is 1.43. The summed E-state index contributed by atoms with van der Waals surface area (Å²) in [5.74, 6) is -0.713. The molecule has 2 heterocycles. The number of aromatic nitrogens is 2. The largest absolute Gasteiger partial charge is 0.447 e. The zero-order valence-electron chi connectivity index (χ0n) is 18.8. The van der Waals surface area contributed by atoms with Crippen LogP contribution in [0.25, 0.3) is 0 Å². The number of halogens is 2. The van der Waals surface area contributed by atoms with Gasteiger partial charge in [0, 0.05) is 43.9 Å². The first kappa shape index (κ1) is 24.3. The molecule has 8 nitrogen and oxygen atoms in total. The summed E-state index contributed by atoms with van der Waals surface area (Å²) in [5.41, 5.74) is 0.298. The van der Waals surface area contributed by atoms with Crippen LogP contribution in [0, 0.1) is 28.9 Å². The molecule has 0 spiro atoms. The number of carbonyl (C=O) groups is 1. The molecule has 1 aliphatic rings. The normalized spacial score (nSPS) is 14.2. The number of nitrogens with zero attached hydrogens (tertiary/aromatic N) is 4. The minimum atomic E-state index is -0.803. The average Bonchev–Trinajstić information content (AvgIpc) is 2.79. The van der Waals surface area contributed by atoms with Gasteiger partial charge in [-0.15, -0.1) is 0 Å². The first-order valence-electron chi connectivity index (χ1n) is 11.0. The monoisotopic (exact) mass is 458 g/mol. The molecule has 33 heavy (non-hydrogen) atoms. The van der Waals surface area contributed by atoms with Crippen molar-refractivity contribution in [2.75, 3.05) is 31.5 Å². The Labute approximate surface area is 192 Å². The number of nitriles is 1. The zero-order valence-corrected chi connectivity index (χ0v) is 18.8. The first-order valence-corrected chi connectivity index (χ1v) is 11.0. The van der Waals surface area contributed by atoms with Crippen molar-refractivity contribution in [2.45, 2.75) is 39.2 Å². The summed E-state index contributed by atoms with van der Waals surface area (Å²) in [6.45, 7) is 6.63. The van der Waals surface area contributed by atoms with Crippen LogP contribution in [0.2, 0.25) is 0 Å². The zero-order chi connectivity index (χ0) is 23.8. The Kier molecular flexibility index (Phi) is 8.49. The lowest BCUT2D eigenvalue weighted by molar-refractivity contribution is 0.0653. The molecule has 1 fully saturated rings. The quantitative estimate of drug-likeness (QED) is 0.581. The number of benzene rings is 1. The third-order valence-corrected chi connectivity index (χ3v) is 5.36. The highest BCUT2D eigenvalue weighted by Crippen LogP contribution is 2.22. The molecule has 0 radical (unpaired) electrons. The number of nitrogens with one attached hydrogen (secondary N) is 2. The number of hydrogen-bond acceptors (Lipinski definition) is 7. The third kappa shape index (κ3) is 7.08. The van der Waals surface area contributed by atoms with Gasteiger partial charge in [-0.05, 0) is 45.2 Å². The van der Waals surface area contributed by atoms with Crippen molar-refractivity contribution in [1.82, 2.24) is 20.2 Å². The van der Waals surface area contributed by atoms with E-state index in [1.54, 1.807) is 17.0 Å². The van der Waals surface area contributed by atoms with Crippen molar-refractivity contribution in [3.8, 4) is 6.07 Å². The van der Waals surface area contributed by atoms with Crippen molar-refractivity contribution >= 4 is 17.6 Å². The number of likely N-dealkylation sites (tertiary alicyclic amines) is 1. The van der Waals surface area contributed by atoms with E-state index in [-0.39, 0.29) is 23.4 Å². The predicted molar refractivity (Wildman–Crippen MR) is 119 cm³/mol. The highest BCUT2D eigenvalue weighted by molar-refractivity contribution is 5.67. The summed E-state index contributed by atoms with van der Waals surface area (Å²) in [5, 5.41) is 14.9. The van der Waals surface area contributed by atoms with E-state index >= 15 is 0 Å². The van der Waals surface area contributed by atoms with Crippen LogP contribution >= 0.6 is 0 Å². The van der Waals surface area contributed by atoms with E-state index in [0.29, 0.717) is 37.8 Å². The van der Waals surface area contributed by atoms with Gasteiger partial charge in [0.15, 0.2) is 0 Å².